The first-order chi connectivity index (χ1) is 7.81. The van der Waals surface area contributed by atoms with Gasteiger partial charge in [-0.25, -0.2) is 0 Å². The Kier molecular flexibility index (Phi) is 3.64. The van der Waals surface area contributed by atoms with Crippen LogP contribution in [-0.4, -0.2) is 16.1 Å². The van der Waals surface area contributed by atoms with E-state index in [-0.39, 0.29) is 6.04 Å². The third kappa shape index (κ3) is 2.46. The van der Waals surface area contributed by atoms with Gasteiger partial charge in [-0.1, -0.05) is 41.2 Å². The van der Waals surface area contributed by atoms with Crippen LogP contribution in [0.5, 0.6) is 0 Å². The highest BCUT2D eigenvalue weighted by atomic mass is 32.1. The van der Waals surface area contributed by atoms with Crippen molar-refractivity contribution in [1.82, 2.24) is 14.9 Å². The number of benzene rings is 1. The van der Waals surface area contributed by atoms with E-state index in [1.807, 2.05) is 6.20 Å². The van der Waals surface area contributed by atoms with Crippen molar-refractivity contribution in [3.63, 3.8) is 0 Å². The Morgan fingerprint density at radius 3 is 2.94 bits per heavy atom. The summed E-state index contributed by atoms with van der Waals surface area (Å²) in [5.41, 5.74) is 2.55. The lowest BCUT2D eigenvalue weighted by Crippen LogP contribution is -2.21. The molecule has 2 aromatic rings. The number of hydrogen-bond acceptors (Lipinski definition) is 4. The molecule has 0 amide bonds. The SMILES string of the molecule is CCNC(c1cccc(C)c1)c1cnns1. The molecule has 0 saturated carbocycles. The van der Waals surface area contributed by atoms with Crippen LogP contribution in [-0.2, 0) is 0 Å². The van der Waals surface area contributed by atoms with Crippen molar-refractivity contribution in [2.75, 3.05) is 6.54 Å². The minimum atomic E-state index is 0.213. The predicted molar refractivity (Wildman–Crippen MR) is 66.6 cm³/mol. The average molecular weight is 233 g/mol. The van der Waals surface area contributed by atoms with E-state index < -0.39 is 0 Å². The van der Waals surface area contributed by atoms with E-state index >= 15 is 0 Å². The Hall–Kier alpha value is -1.26. The van der Waals surface area contributed by atoms with Gasteiger partial charge in [0, 0.05) is 0 Å². The van der Waals surface area contributed by atoms with Gasteiger partial charge in [0.25, 0.3) is 0 Å². The Morgan fingerprint density at radius 1 is 1.44 bits per heavy atom. The number of hydrogen-bond donors (Lipinski definition) is 1. The summed E-state index contributed by atoms with van der Waals surface area (Å²) in [6, 6.07) is 8.75. The topological polar surface area (TPSA) is 37.8 Å². The maximum Gasteiger partial charge on any atom is 0.0703 e. The molecule has 1 heterocycles. The molecule has 0 aliphatic heterocycles. The summed E-state index contributed by atoms with van der Waals surface area (Å²) in [6.07, 6.45) is 1.83. The van der Waals surface area contributed by atoms with Crippen molar-refractivity contribution in [2.24, 2.45) is 0 Å². The quantitative estimate of drug-likeness (QED) is 0.882. The van der Waals surface area contributed by atoms with Crippen LogP contribution >= 0.6 is 11.5 Å². The number of nitrogens with one attached hydrogen (secondary N) is 1. The van der Waals surface area contributed by atoms with Crippen molar-refractivity contribution in [3.05, 3.63) is 46.5 Å². The van der Waals surface area contributed by atoms with Crippen LogP contribution in [0.2, 0.25) is 0 Å². The Bertz CT molecular complexity index is 439. The van der Waals surface area contributed by atoms with E-state index in [2.05, 4.69) is 53.0 Å². The first-order valence-corrected chi connectivity index (χ1v) is 6.16. The number of nitrogens with zero attached hydrogens (tertiary/aromatic N) is 2. The van der Waals surface area contributed by atoms with Crippen LogP contribution in [0.4, 0.5) is 0 Å². The van der Waals surface area contributed by atoms with Gasteiger partial charge in [0.05, 0.1) is 17.1 Å². The van der Waals surface area contributed by atoms with Gasteiger partial charge >= 0.3 is 0 Å². The monoisotopic (exact) mass is 233 g/mol. The van der Waals surface area contributed by atoms with Crippen molar-refractivity contribution >= 4 is 11.5 Å². The Morgan fingerprint density at radius 2 is 2.31 bits per heavy atom. The van der Waals surface area contributed by atoms with Gasteiger partial charge in [-0.2, -0.15) is 0 Å². The molecule has 0 aliphatic carbocycles. The lowest BCUT2D eigenvalue weighted by molar-refractivity contribution is 0.638. The number of rotatable bonds is 4. The van der Waals surface area contributed by atoms with Crippen LogP contribution in [0.25, 0.3) is 0 Å². The van der Waals surface area contributed by atoms with Crippen LogP contribution in [0, 0.1) is 6.92 Å². The second kappa shape index (κ2) is 5.18. The molecule has 0 radical (unpaired) electrons. The van der Waals surface area contributed by atoms with Gasteiger partial charge in [0.1, 0.15) is 0 Å². The molecule has 4 heteroatoms. The summed E-state index contributed by atoms with van der Waals surface area (Å²) in [7, 11) is 0. The summed E-state index contributed by atoms with van der Waals surface area (Å²) in [4.78, 5) is 1.16. The summed E-state index contributed by atoms with van der Waals surface area (Å²) >= 11 is 1.45. The molecule has 1 aromatic heterocycles. The first-order valence-electron chi connectivity index (χ1n) is 5.38. The van der Waals surface area contributed by atoms with Gasteiger partial charge in [-0.3, -0.25) is 0 Å². The average Bonchev–Trinajstić information content (AvgIpc) is 2.79. The zero-order valence-electron chi connectivity index (χ0n) is 9.47. The Balaban J connectivity index is 2.33. The van der Waals surface area contributed by atoms with E-state index in [0.717, 1.165) is 11.4 Å². The largest absolute Gasteiger partial charge is 0.306 e. The van der Waals surface area contributed by atoms with Crippen molar-refractivity contribution in [3.8, 4) is 0 Å². The van der Waals surface area contributed by atoms with E-state index in [0.29, 0.717) is 0 Å². The molecule has 0 fully saturated rings. The number of aromatic nitrogens is 2. The molecule has 1 unspecified atom stereocenters. The lowest BCUT2D eigenvalue weighted by atomic mass is 10.0. The maximum absolute atomic E-state index is 3.92. The fraction of sp³-hybridized carbons (Fsp3) is 0.333. The zero-order chi connectivity index (χ0) is 11.4. The van der Waals surface area contributed by atoms with E-state index in [9.17, 15) is 0 Å². The summed E-state index contributed by atoms with van der Waals surface area (Å²) in [5, 5.41) is 7.36. The molecular formula is C12H15N3S. The molecule has 0 spiro atoms. The first kappa shape index (κ1) is 11.2. The predicted octanol–water partition coefficient (Wildman–Crippen LogP) is 2.55. The standard InChI is InChI=1S/C12H15N3S/c1-3-13-12(11-8-14-15-16-11)10-6-4-5-9(2)7-10/h4-8,12-13H,3H2,1-2H3. The number of aryl methyl sites for hydroxylation is 1. The van der Waals surface area contributed by atoms with E-state index in [1.54, 1.807) is 0 Å². The highest BCUT2D eigenvalue weighted by Crippen LogP contribution is 2.24. The van der Waals surface area contributed by atoms with Gasteiger partial charge in [-0.05, 0) is 30.6 Å². The van der Waals surface area contributed by atoms with E-state index in [4.69, 9.17) is 0 Å². The molecule has 0 bridgehead atoms. The van der Waals surface area contributed by atoms with Crippen molar-refractivity contribution in [2.45, 2.75) is 19.9 Å². The van der Waals surface area contributed by atoms with Crippen LogP contribution in [0.1, 0.15) is 29.0 Å². The summed E-state index contributed by atoms with van der Waals surface area (Å²) < 4.78 is 3.92. The maximum atomic E-state index is 3.92. The lowest BCUT2D eigenvalue weighted by Gasteiger charge is -2.16. The normalized spacial score (nSPS) is 12.6. The molecule has 1 atom stereocenters. The molecule has 0 aliphatic rings. The van der Waals surface area contributed by atoms with Gasteiger partial charge in [0.2, 0.25) is 0 Å². The smallest absolute Gasteiger partial charge is 0.0703 e. The molecule has 1 N–H and O–H groups in total. The third-order valence-corrected chi connectivity index (χ3v) is 3.17. The molecule has 3 nitrogen and oxygen atoms in total. The third-order valence-electron chi connectivity index (χ3n) is 2.45. The second-order valence-corrected chi connectivity index (χ2v) is 4.54. The fourth-order valence-corrected chi connectivity index (χ4v) is 2.35. The summed E-state index contributed by atoms with van der Waals surface area (Å²) in [5.74, 6) is 0. The van der Waals surface area contributed by atoms with Crippen LogP contribution in [0.3, 0.4) is 0 Å². The zero-order valence-corrected chi connectivity index (χ0v) is 10.3. The van der Waals surface area contributed by atoms with Gasteiger partial charge < -0.3 is 5.32 Å². The minimum absolute atomic E-state index is 0.213. The van der Waals surface area contributed by atoms with Crippen LogP contribution < -0.4 is 5.32 Å². The molecule has 0 saturated heterocycles. The second-order valence-electron chi connectivity index (χ2n) is 3.72. The van der Waals surface area contributed by atoms with Crippen molar-refractivity contribution < 1.29 is 0 Å². The van der Waals surface area contributed by atoms with Crippen LogP contribution in [0.15, 0.2) is 30.5 Å². The van der Waals surface area contributed by atoms with E-state index in [1.165, 1.54) is 22.7 Å². The minimum Gasteiger partial charge on any atom is -0.306 e. The molecule has 84 valence electrons. The highest BCUT2D eigenvalue weighted by molar-refractivity contribution is 7.05. The summed E-state index contributed by atoms with van der Waals surface area (Å²) in [6.45, 7) is 5.14. The molecule has 2 rings (SSSR count). The molecular weight excluding hydrogens is 218 g/mol. The van der Waals surface area contributed by atoms with Gasteiger partial charge in [-0.15, -0.1) is 5.10 Å². The molecule has 16 heavy (non-hydrogen) atoms. The van der Waals surface area contributed by atoms with Gasteiger partial charge in [0.15, 0.2) is 0 Å². The fourth-order valence-electron chi connectivity index (χ4n) is 1.74. The molecule has 1 aromatic carbocycles. The highest BCUT2D eigenvalue weighted by Gasteiger charge is 2.14. The Labute approximate surface area is 99.7 Å². The van der Waals surface area contributed by atoms with Crippen molar-refractivity contribution in [1.29, 1.82) is 0 Å².